The van der Waals surface area contributed by atoms with E-state index in [2.05, 4.69) is 0 Å². The van der Waals surface area contributed by atoms with Crippen LogP contribution >= 0.6 is 24.7 Å². The van der Waals surface area contributed by atoms with Gasteiger partial charge in [0, 0.05) is 38.1 Å². The van der Waals surface area contributed by atoms with E-state index in [4.69, 9.17) is 18.9 Å². The molecule has 0 aromatic heterocycles. The lowest BCUT2D eigenvalue weighted by Crippen LogP contribution is -2.42. The van der Waals surface area contributed by atoms with Crippen molar-refractivity contribution in [1.82, 2.24) is 9.80 Å². The average molecular weight is 681 g/mol. The van der Waals surface area contributed by atoms with Crippen LogP contribution in [-0.4, -0.2) is 97.2 Å². The Morgan fingerprint density at radius 1 is 0.783 bits per heavy atom. The Kier molecular flexibility index (Phi) is 9.07. The van der Waals surface area contributed by atoms with E-state index < -0.39 is 35.9 Å². The highest BCUT2D eigenvalue weighted by Gasteiger charge is 2.47. The van der Waals surface area contributed by atoms with Crippen LogP contribution in [0.4, 0.5) is 19.1 Å². The van der Waals surface area contributed by atoms with Gasteiger partial charge in [0.15, 0.2) is 47.7 Å². The first-order chi connectivity index (χ1) is 22.2. The zero-order valence-electron chi connectivity index (χ0n) is 24.8. The smallest absolute Gasteiger partial charge is 0.261 e. The molecule has 13 nitrogen and oxygen atoms in total. The fourth-order valence-electron chi connectivity index (χ4n) is 6.24. The molecule has 46 heavy (non-hydrogen) atoms. The van der Waals surface area contributed by atoms with Crippen LogP contribution in [-0.2, 0) is 9.59 Å². The van der Waals surface area contributed by atoms with Crippen LogP contribution in [0.3, 0.4) is 0 Å². The molecule has 0 saturated carbocycles. The molecule has 1 N–H and O–H groups in total. The topological polar surface area (TPSA) is 138 Å². The van der Waals surface area contributed by atoms with Crippen molar-refractivity contribution in [2.75, 3.05) is 49.1 Å². The molecular weight excluding hydrogens is 650 g/mol. The van der Waals surface area contributed by atoms with Crippen molar-refractivity contribution in [3.63, 3.8) is 0 Å². The fourth-order valence-corrected chi connectivity index (χ4v) is 7.07. The molecule has 0 spiro atoms. The van der Waals surface area contributed by atoms with Crippen LogP contribution in [0.25, 0.3) is 0 Å². The van der Waals surface area contributed by atoms with E-state index in [0.717, 1.165) is 8.61 Å². The summed E-state index contributed by atoms with van der Waals surface area (Å²) >= 11 is -0.617. The highest BCUT2D eigenvalue weighted by molar-refractivity contribution is 7.96. The molecule has 246 valence electrons. The number of amides is 4. The Balaban J connectivity index is 1.17. The Morgan fingerprint density at radius 3 is 1.83 bits per heavy atom. The van der Waals surface area contributed by atoms with Crippen molar-refractivity contribution in [3.8, 4) is 23.0 Å². The van der Waals surface area contributed by atoms with Crippen LogP contribution in [0.1, 0.15) is 46.4 Å². The van der Waals surface area contributed by atoms with E-state index in [1.165, 1.54) is 48.3 Å². The number of ether oxygens (including phenoxy) is 4. The molecule has 0 aliphatic carbocycles. The molecule has 17 heteroatoms. The maximum atomic E-state index is 14.1. The third-order valence-electron chi connectivity index (χ3n) is 8.43. The number of halogens is 2. The number of hydrogen-bond acceptors (Lipinski definition) is 11. The van der Waals surface area contributed by atoms with Crippen molar-refractivity contribution in [1.29, 1.82) is 0 Å². The number of aliphatic hydroxyl groups excluding tert-OH is 1. The van der Waals surface area contributed by atoms with Gasteiger partial charge in [-0.2, -0.15) is 0 Å². The van der Waals surface area contributed by atoms with Crippen molar-refractivity contribution >= 4 is 59.7 Å². The maximum Gasteiger partial charge on any atom is 0.261 e. The number of nitrogens with zero attached hydrogens (tertiary/aromatic N) is 4. The number of hydrogen-bond donors (Lipinski definition) is 1. The van der Waals surface area contributed by atoms with Crippen molar-refractivity contribution < 1.29 is 51.0 Å². The van der Waals surface area contributed by atoms with Crippen LogP contribution in [0, 0.1) is 0 Å². The van der Waals surface area contributed by atoms with Gasteiger partial charge < -0.3 is 33.9 Å². The fraction of sp³-hybridized carbons (Fsp3) is 0.448. The van der Waals surface area contributed by atoms with Gasteiger partial charge in [-0.1, -0.05) is 0 Å². The molecule has 3 unspecified atom stereocenters. The van der Waals surface area contributed by atoms with E-state index >= 15 is 0 Å². The number of carbonyl (C=O) groups is 4. The maximum absolute atomic E-state index is 14.1. The Labute approximate surface area is 271 Å². The average Bonchev–Trinajstić information content (AvgIpc) is 3.68. The van der Waals surface area contributed by atoms with Crippen LogP contribution in [0.5, 0.6) is 23.0 Å². The normalized spacial score (nSPS) is 22.2. The van der Waals surface area contributed by atoms with Gasteiger partial charge in [0.25, 0.3) is 23.6 Å². The molecule has 2 aromatic carbocycles. The summed E-state index contributed by atoms with van der Waals surface area (Å²) in [5, 5.41) is 10.0. The molecule has 4 aliphatic heterocycles. The molecule has 2 fully saturated rings. The number of methoxy groups -OCH3 is 2. The summed E-state index contributed by atoms with van der Waals surface area (Å²) in [5.74, 6) is -1.40. The summed E-state index contributed by atoms with van der Waals surface area (Å²) in [6.07, 6.45) is 0.496. The summed E-state index contributed by atoms with van der Waals surface area (Å²) in [5.41, 5.74) is 0.205. The number of anilines is 2. The quantitative estimate of drug-likeness (QED) is 0.292. The van der Waals surface area contributed by atoms with E-state index in [9.17, 15) is 32.1 Å². The van der Waals surface area contributed by atoms with Gasteiger partial charge in [-0.3, -0.25) is 19.2 Å². The molecule has 3 atom stereocenters. The van der Waals surface area contributed by atoms with Crippen molar-refractivity contribution in [2.24, 2.45) is 0 Å². The minimum atomic E-state index is -1.00. The lowest BCUT2D eigenvalue weighted by atomic mass is 10.1. The number of benzene rings is 2. The zero-order valence-corrected chi connectivity index (χ0v) is 26.4. The number of fused-ring (bicyclic) bond motifs is 4. The van der Waals surface area contributed by atoms with E-state index in [1.54, 1.807) is 0 Å². The summed E-state index contributed by atoms with van der Waals surface area (Å²) < 4.78 is 52.5. The monoisotopic (exact) mass is 680 g/mol. The minimum absolute atomic E-state index is 0.00133. The highest BCUT2D eigenvalue weighted by Crippen LogP contribution is 2.44. The molecule has 6 rings (SSSR count). The second-order valence-electron chi connectivity index (χ2n) is 11.0. The van der Waals surface area contributed by atoms with Gasteiger partial charge >= 0.3 is 0 Å². The predicted octanol–water partition coefficient (Wildman–Crippen LogP) is 3.49. The van der Waals surface area contributed by atoms with E-state index in [-0.39, 0.29) is 102 Å². The molecule has 4 aliphatic rings. The first kappa shape index (κ1) is 32.0. The number of rotatable bonds is 10. The highest BCUT2D eigenvalue weighted by atomic mass is 32.2. The minimum Gasteiger partial charge on any atom is -0.493 e. The summed E-state index contributed by atoms with van der Waals surface area (Å²) in [6, 6.07) is 3.82. The van der Waals surface area contributed by atoms with Gasteiger partial charge in [-0.25, -0.2) is 8.61 Å². The lowest BCUT2D eigenvalue weighted by Gasteiger charge is -2.22. The van der Waals surface area contributed by atoms with Crippen LogP contribution < -0.4 is 27.6 Å². The first-order valence-electron chi connectivity index (χ1n) is 14.5. The van der Waals surface area contributed by atoms with Gasteiger partial charge in [0.1, 0.15) is 12.1 Å². The molecule has 0 bridgehead atoms. The van der Waals surface area contributed by atoms with E-state index in [0.29, 0.717) is 25.8 Å². The Morgan fingerprint density at radius 2 is 1.30 bits per heavy atom. The Hall–Kier alpha value is -3.96. The first-order valence-corrected chi connectivity index (χ1v) is 15.8. The summed E-state index contributed by atoms with van der Waals surface area (Å²) in [7, 11) is 2.77. The molecular formula is C29H30F2N4O9S2. The van der Waals surface area contributed by atoms with Crippen molar-refractivity contribution in [3.05, 3.63) is 35.4 Å². The Bertz CT molecular complexity index is 1580. The molecule has 2 saturated heterocycles. The second-order valence-corrected chi connectivity index (χ2v) is 12.0. The van der Waals surface area contributed by atoms with Gasteiger partial charge in [0.05, 0.1) is 56.0 Å². The standard InChI is InChI=1S/C29H30F2N4O9S2/c1-41-22-10-16-19(34(45-30)28(39)18-5-3-6-32(18)26(16)37)12-24(22)43-7-4-8-44-25-13-20-17(11-23(25)42-2)27(38)33-14-15(36)9-21(33)29(40)35(20)46-31/h10-13,15,18,21,36H,3-9,14H2,1-2H3. The molecule has 4 heterocycles. The molecule has 0 radical (unpaired) electrons. The van der Waals surface area contributed by atoms with Crippen LogP contribution in [0.15, 0.2) is 24.3 Å². The third kappa shape index (κ3) is 5.43. The van der Waals surface area contributed by atoms with E-state index in [1.807, 2.05) is 0 Å². The molecule has 2 aromatic rings. The number of carbonyl (C=O) groups excluding carboxylic acids is 4. The van der Waals surface area contributed by atoms with Crippen LogP contribution in [0.2, 0.25) is 0 Å². The third-order valence-corrected chi connectivity index (χ3v) is 9.46. The SMILES string of the molecule is COc1cc2c(cc1OCCCOc1cc3c(cc1OC)C(=O)N1CC(O)CC1C(=O)N3SF)N(SF)C(=O)C1CCCN1C2=O. The second kappa shape index (κ2) is 13.0. The summed E-state index contributed by atoms with van der Waals surface area (Å²) in [4.78, 5) is 55.4. The number of aliphatic hydroxyl groups is 1. The summed E-state index contributed by atoms with van der Waals surface area (Å²) in [6.45, 7) is 0.485. The van der Waals surface area contributed by atoms with Gasteiger partial charge in [0.2, 0.25) is 0 Å². The van der Waals surface area contributed by atoms with Crippen molar-refractivity contribution in [2.45, 2.75) is 43.9 Å². The van der Waals surface area contributed by atoms with Gasteiger partial charge in [-0.05, 0) is 25.0 Å². The zero-order chi connectivity index (χ0) is 32.7. The van der Waals surface area contributed by atoms with Gasteiger partial charge in [-0.15, -0.1) is 7.77 Å². The lowest BCUT2D eigenvalue weighted by molar-refractivity contribution is -0.121. The molecule has 4 amide bonds. The predicted molar refractivity (Wildman–Crippen MR) is 163 cm³/mol. The largest absolute Gasteiger partial charge is 0.493 e.